The predicted molar refractivity (Wildman–Crippen MR) is 48.2 cm³/mol. The van der Waals surface area contributed by atoms with Gasteiger partial charge < -0.3 is 0 Å². The smallest absolute Gasteiger partial charge is 0.0162 e. The molecule has 3 atom stereocenters. The van der Waals surface area contributed by atoms with Crippen molar-refractivity contribution in [1.29, 1.82) is 0 Å². The van der Waals surface area contributed by atoms with Gasteiger partial charge in [0, 0.05) is 0 Å². The highest BCUT2D eigenvalue weighted by Crippen LogP contribution is 2.39. The average Bonchev–Trinajstić information content (AvgIpc) is 2.22. The van der Waals surface area contributed by atoms with Crippen LogP contribution in [0.15, 0.2) is 37.0 Å². The van der Waals surface area contributed by atoms with Crippen LogP contribution >= 0.6 is 0 Å². The number of rotatable bonds is 1. The summed E-state index contributed by atoms with van der Waals surface area (Å²) in [6.07, 6.45) is 13.8. The molecule has 0 amide bonds. The molecule has 1 saturated carbocycles. The van der Waals surface area contributed by atoms with Crippen LogP contribution in [0.2, 0.25) is 0 Å². The molecule has 58 valence electrons. The molecule has 11 heavy (non-hydrogen) atoms. The molecule has 1 fully saturated rings. The molecule has 0 aromatic rings. The van der Waals surface area contributed by atoms with E-state index in [4.69, 9.17) is 0 Å². The molecule has 2 aliphatic rings. The van der Waals surface area contributed by atoms with Gasteiger partial charge in [0.2, 0.25) is 0 Å². The first kappa shape index (κ1) is 6.90. The number of hydrogen-bond donors (Lipinski definition) is 0. The van der Waals surface area contributed by atoms with Gasteiger partial charge in [-0.1, -0.05) is 30.4 Å². The average molecular weight is 146 g/mol. The summed E-state index contributed by atoms with van der Waals surface area (Å²) in [6, 6.07) is 0. The molecule has 0 saturated heterocycles. The molecule has 0 aromatic carbocycles. The van der Waals surface area contributed by atoms with Gasteiger partial charge in [-0.25, -0.2) is 0 Å². The number of allylic oxidation sites excluding steroid dienone is 5. The summed E-state index contributed by atoms with van der Waals surface area (Å²) in [4.78, 5) is 0. The zero-order valence-corrected chi connectivity index (χ0v) is 6.74. The quantitative estimate of drug-likeness (QED) is 0.499. The predicted octanol–water partition coefficient (Wildman–Crippen LogP) is 2.94. The van der Waals surface area contributed by atoms with Crippen molar-refractivity contribution in [3.63, 3.8) is 0 Å². The molecule has 2 bridgehead atoms. The van der Waals surface area contributed by atoms with Crippen LogP contribution < -0.4 is 0 Å². The summed E-state index contributed by atoms with van der Waals surface area (Å²) in [6.45, 7) is 3.88. The van der Waals surface area contributed by atoms with Gasteiger partial charge in [0.1, 0.15) is 0 Å². The molecule has 0 nitrogen and oxygen atoms in total. The topological polar surface area (TPSA) is 0 Å². The molecule has 2 aliphatic carbocycles. The molecule has 0 heterocycles. The maximum atomic E-state index is 3.88. The summed E-state index contributed by atoms with van der Waals surface area (Å²) in [5.41, 5.74) is 0. The summed E-state index contributed by atoms with van der Waals surface area (Å²) in [5.74, 6) is 2.33. The minimum Gasteiger partial charge on any atom is -0.103 e. The normalized spacial score (nSPS) is 40.5. The lowest BCUT2D eigenvalue weighted by Gasteiger charge is -2.09. The largest absolute Gasteiger partial charge is 0.103 e. The van der Waals surface area contributed by atoms with Crippen LogP contribution in [0.3, 0.4) is 0 Å². The molecule has 0 aromatic heterocycles. The second-order valence-electron chi connectivity index (χ2n) is 3.56. The molecule has 0 radical (unpaired) electrons. The Labute approximate surface area is 68.3 Å². The highest BCUT2D eigenvalue weighted by atomic mass is 14.3. The third kappa shape index (κ3) is 1.18. The fourth-order valence-corrected chi connectivity index (χ4v) is 2.22. The van der Waals surface area contributed by atoms with Crippen molar-refractivity contribution in [2.24, 2.45) is 17.8 Å². The molecule has 0 heteroatoms. The second-order valence-corrected chi connectivity index (χ2v) is 3.56. The third-order valence-electron chi connectivity index (χ3n) is 2.86. The van der Waals surface area contributed by atoms with Crippen molar-refractivity contribution in [2.45, 2.75) is 12.8 Å². The maximum absolute atomic E-state index is 3.88. The highest BCUT2D eigenvalue weighted by Gasteiger charge is 2.29. The molecular formula is C11H14. The van der Waals surface area contributed by atoms with Gasteiger partial charge in [-0.15, -0.1) is 6.58 Å². The Morgan fingerprint density at radius 3 is 2.82 bits per heavy atom. The molecule has 0 unspecified atom stereocenters. The van der Waals surface area contributed by atoms with Crippen LogP contribution in [0.5, 0.6) is 0 Å². The van der Waals surface area contributed by atoms with Crippen LogP contribution in [0, 0.1) is 17.8 Å². The SMILES string of the molecule is C=C[C@H]1C[C@@H]2C=CC=C[C@@H]1C2. The van der Waals surface area contributed by atoms with Crippen LogP contribution in [0.4, 0.5) is 0 Å². The van der Waals surface area contributed by atoms with E-state index in [-0.39, 0.29) is 0 Å². The summed E-state index contributed by atoms with van der Waals surface area (Å²) >= 11 is 0. The Morgan fingerprint density at radius 2 is 2.00 bits per heavy atom. The van der Waals surface area contributed by atoms with E-state index in [0.717, 1.165) is 17.8 Å². The van der Waals surface area contributed by atoms with Gasteiger partial charge >= 0.3 is 0 Å². The monoisotopic (exact) mass is 146 g/mol. The summed E-state index contributed by atoms with van der Waals surface area (Å²) < 4.78 is 0. The standard InChI is InChI=1S/C11H14/c1-2-10-7-9-5-3-4-6-11(10)8-9/h2-6,9-11H,1,7-8H2/t9-,10-,11+/m0/s1. The van der Waals surface area contributed by atoms with E-state index in [1.54, 1.807) is 0 Å². The van der Waals surface area contributed by atoms with Crippen LogP contribution in [-0.2, 0) is 0 Å². The van der Waals surface area contributed by atoms with Crippen LogP contribution in [0.25, 0.3) is 0 Å². The van der Waals surface area contributed by atoms with Gasteiger partial charge in [0.25, 0.3) is 0 Å². The van der Waals surface area contributed by atoms with E-state index >= 15 is 0 Å². The van der Waals surface area contributed by atoms with Crippen LogP contribution in [0.1, 0.15) is 12.8 Å². The lowest BCUT2D eigenvalue weighted by atomic mass is 9.96. The summed E-state index contributed by atoms with van der Waals surface area (Å²) in [5, 5.41) is 0. The Morgan fingerprint density at radius 1 is 1.18 bits per heavy atom. The first-order valence-electron chi connectivity index (χ1n) is 4.37. The fourth-order valence-electron chi connectivity index (χ4n) is 2.22. The van der Waals surface area contributed by atoms with E-state index in [2.05, 4.69) is 37.0 Å². The first-order chi connectivity index (χ1) is 5.40. The van der Waals surface area contributed by atoms with E-state index in [9.17, 15) is 0 Å². The Kier molecular flexibility index (Phi) is 1.69. The molecular weight excluding hydrogens is 132 g/mol. The molecule has 0 aliphatic heterocycles. The second kappa shape index (κ2) is 2.69. The van der Waals surface area contributed by atoms with Crippen LogP contribution in [-0.4, -0.2) is 0 Å². The van der Waals surface area contributed by atoms with E-state index in [1.165, 1.54) is 12.8 Å². The zero-order chi connectivity index (χ0) is 7.68. The lowest BCUT2D eigenvalue weighted by Crippen LogP contribution is -2.00. The van der Waals surface area contributed by atoms with Crippen molar-refractivity contribution in [3.8, 4) is 0 Å². The number of hydrogen-bond acceptors (Lipinski definition) is 0. The summed E-state index contributed by atoms with van der Waals surface area (Å²) in [7, 11) is 0. The maximum Gasteiger partial charge on any atom is -0.0162 e. The molecule has 0 N–H and O–H groups in total. The minimum atomic E-state index is 0.737. The van der Waals surface area contributed by atoms with Crippen molar-refractivity contribution >= 4 is 0 Å². The van der Waals surface area contributed by atoms with Gasteiger partial charge in [0.05, 0.1) is 0 Å². The Balaban J connectivity index is 2.20. The lowest BCUT2D eigenvalue weighted by molar-refractivity contribution is 0.559. The van der Waals surface area contributed by atoms with Crippen molar-refractivity contribution in [3.05, 3.63) is 37.0 Å². The van der Waals surface area contributed by atoms with Gasteiger partial charge in [-0.05, 0) is 30.6 Å². The third-order valence-corrected chi connectivity index (χ3v) is 2.86. The van der Waals surface area contributed by atoms with Gasteiger partial charge in [-0.2, -0.15) is 0 Å². The Bertz CT molecular complexity index is 208. The molecule has 0 spiro atoms. The molecule has 2 rings (SSSR count). The van der Waals surface area contributed by atoms with Gasteiger partial charge in [0.15, 0.2) is 0 Å². The highest BCUT2D eigenvalue weighted by molar-refractivity contribution is 5.16. The van der Waals surface area contributed by atoms with Gasteiger partial charge in [-0.3, -0.25) is 0 Å². The zero-order valence-electron chi connectivity index (χ0n) is 6.74. The van der Waals surface area contributed by atoms with Crippen molar-refractivity contribution in [1.82, 2.24) is 0 Å². The van der Waals surface area contributed by atoms with E-state index in [0.29, 0.717) is 0 Å². The van der Waals surface area contributed by atoms with E-state index < -0.39 is 0 Å². The van der Waals surface area contributed by atoms with Crippen molar-refractivity contribution in [2.75, 3.05) is 0 Å². The van der Waals surface area contributed by atoms with Crippen molar-refractivity contribution < 1.29 is 0 Å². The number of fused-ring (bicyclic) bond motifs is 2. The fraction of sp³-hybridized carbons (Fsp3) is 0.455. The minimum absolute atomic E-state index is 0.737. The Hall–Kier alpha value is -0.780. The first-order valence-corrected chi connectivity index (χ1v) is 4.37. The van der Waals surface area contributed by atoms with E-state index in [1.807, 2.05) is 0 Å².